The molecule has 1 aliphatic heterocycles. The van der Waals surface area contributed by atoms with Crippen molar-refractivity contribution in [1.82, 2.24) is 4.90 Å². The van der Waals surface area contributed by atoms with Gasteiger partial charge in [-0.1, -0.05) is 37.0 Å². The first kappa shape index (κ1) is 19.5. The lowest BCUT2D eigenvalue weighted by molar-refractivity contribution is -0.118. The molecule has 0 radical (unpaired) electrons. The van der Waals surface area contributed by atoms with Gasteiger partial charge in [0.15, 0.2) is 0 Å². The van der Waals surface area contributed by atoms with Crippen molar-refractivity contribution in [3.63, 3.8) is 0 Å². The number of hydrogen-bond acceptors (Lipinski definition) is 3. The lowest BCUT2D eigenvalue weighted by Crippen LogP contribution is -2.53. The summed E-state index contributed by atoms with van der Waals surface area (Å²) in [6, 6.07) is 5.20. The van der Waals surface area contributed by atoms with Crippen LogP contribution in [0.2, 0.25) is 10.0 Å². The number of nitrogens with zero attached hydrogens (tertiary/aromatic N) is 1. The van der Waals surface area contributed by atoms with E-state index in [4.69, 9.17) is 28.9 Å². The summed E-state index contributed by atoms with van der Waals surface area (Å²) < 4.78 is 0. The third kappa shape index (κ3) is 5.00. The highest BCUT2D eigenvalue weighted by atomic mass is 35.5. The van der Waals surface area contributed by atoms with Crippen molar-refractivity contribution in [2.45, 2.75) is 26.3 Å². The first-order valence-corrected chi connectivity index (χ1v) is 7.76. The van der Waals surface area contributed by atoms with Gasteiger partial charge in [0.25, 0.3) is 0 Å². The van der Waals surface area contributed by atoms with Gasteiger partial charge in [-0.15, -0.1) is 12.4 Å². The van der Waals surface area contributed by atoms with E-state index in [1.54, 1.807) is 18.2 Å². The van der Waals surface area contributed by atoms with E-state index in [-0.39, 0.29) is 29.8 Å². The highest BCUT2D eigenvalue weighted by Crippen LogP contribution is 2.28. The number of anilines is 1. The van der Waals surface area contributed by atoms with Gasteiger partial charge in [0, 0.05) is 24.2 Å². The first-order chi connectivity index (χ1) is 9.78. The monoisotopic (exact) mass is 365 g/mol. The smallest absolute Gasteiger partial charge is 0.238 e. The SMILES string of the molecule is CC1(C)CN(CC(=O)Nc2ccc(Cl)cc2Cl)CCC1N.Cl. The number of hydrogen-bond donors (Lipinski definition) is 2. The molecule has 0 spiro atoms. The summed E-state index contributed by atoms with van der Waals surface area (Å²) in [6.07, 6.45) is 0.905. The van der Waals surface area contributed by atoms with Crippen LogP contribution in [0.15, 0.2) is 18.2 Å². The maximum atomic E-state index is 12.1. The Hall–Kier alpha value is -0.520. The van der Waals surface area contributed by atoms with Crippen molar-refractivity contribution in [2.75, 3.05) is 25.0 Å². The quantitative estimate of drug-likeness (QED) is 0.862. The van der Waals surface area contributed by atoms with Gasteiger partial charge in [0.1, 0.15) is 0 Å². The lowest BCUT2D eigenvalue weighted by Gasteiger charge is -2.42. The fourth-order valence-electron chi connectivity index (χ4n) is 2.60. The van der Waals surface area contributed by atoms with Crippen molar-refractivity contribution in [1.29, 1.82) is 0 Å². The van der Waals surface area contributed by atoms with Gasteiger partial charge in [0.05, 0.1) is 17.3 Å². The molecule has 3 N–H and O–H groups in total. The van der Waals surface area contributed by atoms with Crippen LogP contribution in [0.3, 0.4) is 0 Å². The minimum atomic E-state index is -0.0782. The molecule has 1 fully saturated rings. The van der Waals surface area contributed by atoms with Gasteiger partial charge in [-0.05, 0) is 30.0 Å². The maximum Gasteiger partial charge on any atom is 0.238 e. The van der Waals surface area contributed by atoms with Crippen LogP contribution >= 0.6 is 35.6 Å². The Balaban J connectivity index is 0.00000242. The fourth-order valence-corrected chi connectivity index (χ4v) is 3.06. The molecule has 1 atom stereocenters. The Kier molecular flexibility index (Phi) is 6.96. The molecule has 0 aliphatic carbocycles. The van der Waals surface area contributed by atoms with Gasteiger partial charge >= 0.3 is 0 Å². The van der Waals surface area contributed by atoms with Crippen LogP contribution in [0.5, 0.6) is 0 Å². The predicted octanol–water partition coefficient (Wildman–Crippen LogP) is 3.41. The van der Waals surface area contributed by atoms with Gasteiger partial charge in [0.2, 0.25) is 5.91 Å². The zero-order chi connectivity index (χ0) is 15.6. The lowest BCUT2D eigenvalue weighted by atomic mass is 9.80. The van der Waals surface area contributed by atoms with Crippen LogP contribution in [0, 0.1) is 5.41 Å². The summed E-state index contributed by atoms with van der Waals surface area (Å²) in [5.41, 5.74) is 6.71. The van der Waals surface area contributed by atoms with E-state index in [2.05, 4.69) is 24.1 Å². The first-order valence-electron chi connectivity index (χ1n) is 7.01. The van der Waals surface area contributed by atoms with Crippen LogP contribution in [-0.4, -0.2) is 36.5 Å². The van der Waals surface area contributed by atoms with E-state index in [0.29, 0.717) is 22.3 Å². The second-order valence-corrected chi connectivity index (χ2v) is 7.11. The molecule has 1 heterocycles. The van der Waals surface area contributed by atoms with E-state index >= 15 is 0 Å². The van der Waals surface area contributed by atoms with Crippen LogP contribution in [0.4, 0.5) is 5.69 Å². The number of carbonyl (C=O) groups is 1. The van der Waals surface area contributed by atoms with Crippen molar-refractivity contribution < 1.29 is 4.79 Å². The van der Waals surface area contributed by atoms with Gasteiger partial charge < -0.3 is 11.1 Å². The molecule has 124 valence electrons. The number of piperidine rings is 1. The Bertz CT molecular complexity index is 537. The molecule has 0 aromatic heterocycles. The predicted molar refractivity (Wildman–Crippen MR) is 95.2 cm³/mol. The molecule has 1 aliphatic rings. The Morgan fingerprint density at radius 2 is 2.14 bits per heavy atom. The van der Waals surface area contributed by atoms with Gasteiger partial charge in [-0.25, -0.2) is 0 Å². The number of halogens is 3. The topological polar surface area (TPSA) is 58.4 Å². The molecule has 1 aromatic rings. The average molecular weight is 367 g/mol. The highest BCUT2D eigenvalue weighted by Gasteiger charge is 2.33. The van der Waals surface area contributed by atoms with Gasteiger partial charge in [-0.3, -0.25) is 9.69 Å². The molecule has 0 saturated carbocycles. The second-order valence-electron chi connectivity index (χ2n) is 6.27. The van der Waals surface area contributed by atoms with E-state index in [9.17, 15) is 4.79 Å². The molecule has 2 rings (SSSR count). The Morgan fingerprint density at radius 3 is 2.73 bits per heavy atom. The van der Waals surface area contributed by atoms with Crippen molar-refractivity contribution in [3.8, 4) is 0 Å². The summed E-state index contributed by atoms with van der Waals surface area (Å²) in [6.45, 7) is 6.27. The highest BCUT2D eigenvalue weighted by molar-refractivity contribution is 6.36. The zero-order valence-electron chi connectivity index (χ0n) is 12.7. The normalized spacial score (nSPS) is 21.0. The molecule has 0 bridgehead atoms. The largest absolute Gasteiger partial charge is 0.327 e. The standard InChI is InChI=1S/C15H21Cl2N3O.ClH/c1-15(2)9-20(6-5-13(15)18)8-14(21)19-12-4-3-10(16)7-11(12)17;/h3-4,7,13H,5-6,8-9,18H2,1-2H3,(H,19,21);1H. The third-order valence-corrected chi connectivity index (χ3v) is 4.51. The average Bonchev–Trinajstić information content (AvgIpc) is 2.37. The molecule has 22 heavy (non-hydrogen) atoms. The second kappa shape index (κ2) is 7.84. The summed E-state index contributed by atoms with van der Waals surface area (Å²) in [4.78, 5) is 14.3. The number of likely N-dealkylation sites (tertiary alicyclic amines) is 1. The number of benzene rings is 1. The third-order valence-electron chi connectivity index (χ3n) is 3.96. The fraction of sp³-hybridized carbons (Fsp3) is 0.533. The number of carbonyl (C=O) groups excluding carboxylic acids is 1. The Morgan fingerprint density at radius 1 is 1.45 bits per heavy atom. The molecule has 1 saturated heterocycles. The molecular weight excluding hydrogens is 345 g/mol. The minimum absolute atomic E-state index is 0. The van der Waals surface area contributed by atoms with Crippen molar-refractivity contribution in [3.05, 3.63) is 28.2 Å². The van der Waals surface area contributed by atoms with Crippen LogP contribution in [-0.2, 0) is 4.79 Å². The Labute approximate surface area is 147 Å². The van der Waals surface area contributed by atoms with E-state index in [0.717, 1.165) is 19.5 Å². The number of nitrogens with two attached hydrogens (primary N) is 1. The molecule has 7 heteroatoms. The van der Waals surface area contributed by atoms with Crippen molar-refractivity contribution in [2.24, 2.45) is 11.1 Å². The van der Waals surface area contributed by atoms with E-state index in [1.807, 2.05) is 0 Å². The number of rotatable bonds is 3. The summed E-state index contributed by atoms with van der Waals surface area (Å²) in [5, 5.41) is 3.81. The van der Waals surface area contributed by atoms with E-state index < -0.39 is 0 Å². The summed E-state index contributed by atoms with van der Waals surface area (Å²) >= 11 is 11.9. The molecule has 4 nitrogen and oxygen atoms in total. The molecule has 1 unspecified atom stereocenters. The summed E-state index contributed by atoms with van der Waals surface area (Å²) in [7, 11) is 0. The molecule has 1 amide bonds. The van der Waals surface area contributed by atoms with Crippen LogP contribution < -0.4 is 11.1 Å². The molecule has 1 aromatic carbocycles. The van der Waals surface area contributed by atoms with Crippen molar-refractivity contribution >= 4 is 47.2 Å². The van der Waals surface area contributed by atoms with Gasteiger partial charge in [-0.2, -0.15) is 0 Å². The number of amides is 1. The van der Waals surface area contributed by atoms with Crippen LogP contribution in [0.1, 0.15) is 20.3 Å². The minimum Gasteiger partial charge on any atom is -0.327 e. The van der Waals surface area contributed by atoms with E-state index in [1.165, 1.54) is 0 Å². The zero-order valence-corrected chi connectivity index (χ0v) is 15.1. The number of nitrogens with one attached hydrogen (secondary N) is 1. The van der Waals surface area contributed by atoms with Crippen LogP contribution in [0.25, 0.3) is 0 Å². The maximum absolute atomic E-state index is 12.1. The molecular formula is C15H22Cl3N3O. The summed E-state index contributed by atoms with van der Waals surface area (Å²) in [5.74, 6) is -0.0782.